The molecule has 7 aromatic rings. The van der Waals surface area contributed by atoms with Gasteiger partial charge in [0.15, 0.2) is 10.1 Å². The Kier molecular flexibility index (Phi) is 14.8. The van der Waals surface area contributed by atoms with Crippen molar-refractivity contribution in [2.24, 2.45) is 20.5 Å². The Balaban J connectivity index is 1.26. The van der Waals surface area contributed by atoms with Crippen LogP contribution in [0.5, 0.6) is 11.5 Å². The summed E-state index contributed by atoms with van der Waals surface area (Å²) >= 11 is 3.59. The second-order valence-electron chi connectivity index (χ2n) is 13.5. The van der Waals surface area contributed by atoms with Gasteiger partial charge in [-0.05, 0) is 94.4 Å². The number of anilines is 6. The van der Waals surface area contributed by atoms with Crippen molar-refractivity contribution in [3.63, 3.8) is 0 Å². The van der Waals surface area contributed by atoms with E-state index in [4.69, 9.17) is 19.4 Å². The quantitative estimate of drug-likeness (QED) is 0.0316. The fourth-order valence-corrected chi connectivity index (χ4v) is 9.94. The van der Waals surface area contributed by atoms with Gasteiger partial charge in [-0.3, -0.25) is 4.55 Å². The van der Waals surface area contributed by atoms with E-state index >= 15 is 0 Å². The first kappa shape index (κ1) is 45.9. The fourth-order valence-electron chi connectivity index (χ4n) is 6.55. The highest BCUT2D eigenvalue weighted by molar-refractivity contribution is 7.99. The van der Waals surface area contributed by atoms with Crippen LogP contribution in [-0.4, -0.2) is 95.8 Å². The molecule has 19 nitrogen and oxygen atoms in total. The lowest BCUT2D eigenvalue weighted by Crippen LogP contribution is -2.21. The minimum Gasteiger partial charge on any atom is -0.497 e. The van der Waals surface area contributed by atoms with Crippen molar-refractivity contribution in [2.45, 2.75) is 37.7 Å². The highest BCUT2D eigenvalue weighted by Gasteiger charge is 2.24. The smallest absolute Gasteiger partial charge is 0.299 e. The van der Waals surface area contributed by atoms with Crippen LogP contribution in [0.4, 0.5) is 56.3 Å². The summed E-state index contributed by atoms with van der Waals surface area (Å²) in [6.07, 6.45) is 0. The second-order valence-corrected chi connectivity index (χ2v) is 17.9. The number of benzene rings is 4. The Bertz CT molecular complexity index is 2940. The number of ether oxygens (including phenoxy) is 2. The molecule has 7 rings (SSSR count). The van der Waals surface area contributed by atoms with Gasteiger partial charge in [0.2, 0.25) is 22.2 Å². The van der Waals surface area contributed by atoms with E-state index < -0.39 is 15.0 Å². The molecule has 0 aliphatic heterocycles. The van der Waals surface area contributed by atoms with E-state index in [1.165, 1.54) is 36.3 Å². The van der Waals surface area contributed by atoms with E-state index in [9.17, 15) is 18.1 Å². The molecule has 4 aromatic carbocycles. The van der Waals surface area contributed by atoms with Crippen molar-refractivity contribution in [2.75, 3.05) is 73.2 Å². The van der Waals surface area contributed by atoms with E-state index in [0.29, 0.717) is 44.3 Å². The maximum atomic E-state index is 12.3. The standard InChI is InChI=1S/C41H45N13O6S4/c1-7-53(8-2)24-11-14-27(49-51-40-44-29-16-13-26(59-5)23-34(29)62-40)31(21-24)42-37-46-38(48-39(47-37)61-20-19-55)43-32-22-25(54(9-3)10-4)12-15-28(32)50-52-41-45-30-17-18-33(60-6)36(35(30)63-41)64(56,57)58/h11-18,21-23,55H,7-10,19-20H2,1-6H3,(H,56,57,58)(H2,42,43,46,47,48). The Morgan fingerprint density at radius 1 is 0.688 bits per heavy atom. The van der Waals surface area contributed by atoms with Crippen LogP contribution in [0.3, 0.4) is 0 Å². The normalized spacial score (nSPS) is 11.9. The fraction of sp³-hybridized carbons (Fsp3) is 0.293. The molecule has 0 radical (unpaired) electrons. The number of rotatable bonds is 20. The van der Waals surface area contributed by atoms with Gasteiger partial charge in [0.1, 0.15) is 22.9 Å². The first-order valence-corrected chi connectivity index (χ1v) is 24.1. The SMILES string of the molecule is CCN(CC)c1ccc(N=Nc2nc3ccc(OC)cc3s2)c(Nc2nc(Nc3cc(N(CC)CC)ccc3N=Nc3nc4ccc(OC)c(S(=O)(=O)O)c4s3)nc(SCCO)n2)c1. The van der Waals surface area contributed by atoms with Crippen LogP contribution in [0.25, 0.3) is 20.4 Å². The molecule has 64 heavy (non-hydrogen) atoms. The van der Waals surface area contributed by atoms with E-state index in [2.05, 4.69) is 83.5 Å². The number of thiazole rings is 2. The number of aromatic nitrogens is 5. The molecule has 0 fully saturated rings. The molecule has 0 unspecified atom stereocenters. The van der Waals surface area contributed by atoms with E-state index in [1.807, 2.05) is 48.5 Å². The molecule has 0 bridgehead atoms. The zero-order valence-corrected chi connectivity index (χ0v) is 38.9. The molecule has 3 heterocycles. The van der Waals surface area contributed by atoms with Gasteiger partial charge in [-0.2, -0.15) is 23.4 Å². The number of hydrogen-bond donors (Lipinski definition) is 4. The minimum absolute atomic E-state index is 0.0216. The molecule has 0 aliphatic carbocycles. The van der Waals surface area contributed by atoms with Crippen molar-refractivity contribution >= 4 is 121 Å². The number of aliphatic hydroxyl groups excluding tert-OH is 1. The lowest BCUT2D eigenvalue weighted by Gasteiger charge is -2.22. The topological polar surface area (TPSA) is 237 Å². The van der Waals surface area contributed by atoms with Gasteiger partial charge in [-0.15, -0.1) is 20.5 Å². The summed E-state index contributed by atoms with van der Waals surface area (Å²) in [5.74, 6) is 1.40. The predicted octanol–water partition coefficient (Wildman–Crippen LogP) is 10.4. The summed E-state index contributed by atoms with van der Waals surface area (Å²) in [5.41, 5.74) is 4.91. The number of azo groups is 2. The molecule has 0 saturated carbocycles. The molecule has 4 N–H and O–H groups in total. The summed E-state index contributed by atoms with van der Waals surface area (Å²) in [4.78, 5) is 27.2. The average molecular weight is 944 g/mol. The van der Waals surface area contributed by atoms with Crippen LogP contribution < -0.4 is 29.9 Å². The molecule has 3 aromatic heterocycles. The van der Waals surface area contributed by atoms with Gasteiger partial charge in [0, 0.05) is 43.3 Å². The lowest BCUT2D eigenvalue weighted by molar-refractivity contribution is 0.322. The maximum absolute atomic E-state index is 12.3. The number of nitrogens with one attached hydrogen (secondary N) is 2. The lowest BCUT2D eigenvalue weighted by atomic mass is 10.2. The highest BCUT2D eigenvalue weighted by Crippen LogP contribution is 2.41. The van der Waals surface area contributed by atoms with Crippen molar-refractivity contribution in [3.8, 4) is 11.5 Å². The van der Waals surface area contributed by atoms with Crippen LogP contribution in [0, 0.1) is 0 Å². The minimum atomic E-state index is -4.65. The number of hydrogen-bond acceptors (Lipinski definition) is 21. The number of methoxy groups -OCH3 is 2. The third-order valence-electron chi connectivity index (χ3n) is 9.66. The molecule has 0 spiro atoms. The number of thioether (sulfide) groups is 1. The van der Waals surface area contributed by atoms with Crippen molar-refractivity contribution in [1.82, 2.24) is 24.9 Å². The van der Waals surface area contributed by atoms with E-state index in [0.717, 1.165) is 64.9 Å². The molecule has 0 saturated heterocycles. The summed E-state index contributed by atoms with van der Waals surface area (Å²) < 4.78 is 46.3. The van der Waals surface area contributed by atoms with Crippen LogP contribution in [0.1, 0.15) is 27.7 Å². The molecular formula is C41H45N13O6S4. The predicted molar refractivity (Wildman–Crippen MR) is 255 cm³/mol. The molecular weight excluding hydrogens is 899 g/mol. The summed E-state index contributed by atoms with van der Waals surface area (Å²) in [6, 6.07) is 20.1. The zero-order valence-electron chi connectivity index (χ0n) is 35.7. The van der Waals surface area contributed by atoms with Gasteiger partial charge in [-0.25, -0.2) is 9.97 Å². The molecule has 334 valence electrons. The van der Waals surface area contributed by atoms with Crippen LogP contribution in [-0.2, 0) is 10.1 Å². The first-order valence-electron chi connectivity index (χ1n) is 20.0. The average Bonchev–Trinajstić information content (AvgIpc) is 3.91. The van der Waals surface area contributed by atoms with Gasteiger partial charge < -0.3 is 35.0 Å². The molecule has 0 amide bonds. The Labute approximate surface area is 381 Å². The Morgan fingerprint density at radius 3 is 1.78 bits per heavy atom. The Hall–Kier alpha value is -6.11. The van der Waals surface area contributed by atoms with Crippen LogP contribution in [0.2, 0.25) is 0 Å². The highest BCUT2D eigenvalue weighted by atomic mass is 32.2. The molecule has 0 atom stereocenters. The first-order chi connectivity index (χ1) is 31.0. The van der Waals surface area contributed by atoms with Crippen molar-refractivity contribution < 1.29 is 27.6 Å². The largest absolute Gasteiger partial charge is 0.497 e. The van der Waals surface area contributed by atoms with Gasteiger partial charge in [0.25, 0.3) is 10.1 Å². The third kappa shape index (κ3) is 10.6. The number of nitrogens with zero attached hydrogens (tertiary/aromatic N) is 11. The maximum Gasteiger partial charge on any atom is 0.299 e. The summed E-state index contributed by atoms with van der Waals surface area (Å²) in [6.45, 7) is 11.2. The Morgan fingerprint density at radius 2 is 1.25 bits per heavy atom. The third-order valence-corrected chi connectivity index (χ3v) is 13.4. The second kappa shape index (κ2) is 20.6. The van der Waals surface area contributed by atoms with Gasteiger partial charge in [-0.1, -0.05) is 34.4 Å². The van der Waals surface area contributed by atoms with Crippen molar-refractivity contribution in [3.05, 3.63) is 66.7 Å². The summed E-state index contributed by atoms with van der Waals surface area (Å²) in [7, 11) is -1.72. The zero-order chi connectivity index (χ0) is 45.4. The van der Waals surface area contributed by atoms with Gasteiger partial charge >= 0.3 is 0 Å². The van der Waals surface area contributed by atoms with Gasteiger partial charge in [0.05, 0.1) is 52.6 Å². The number of fused-ring (bicyclic) bond motifs is 2. The monoisotopic (exact) mass is 943 g/mol. The summed E-state index contributed by atoms with van der Waals surface area (Å²) in [5, 5.41) is 35.4. The van der Waals surface area contributed by atoms with Crippen LogP contribution in [0.15, 0.2) is 97.2 Å². The van der Waals surface area contributed by atoms with Crippen LogP contribution >= 0.6 is 34.4 Å². The number of aliphatic hydroxyl groups is 1. The molecule has 23 heteroatoms. The van der Waals surface area contributed by atoms with E-state index in [-0.39, 0.29) is 34.1 Å². The van der Waals surface area contributed by atoms with Crippen molar-refractivity contribution in [1.29, 1.82) is 0 Å². The molecule has 0 aliphatic rings. The van der Waals surface area contributed by atoms with E-state index in [1.54, 1.807) is 19.2 Å².